The van der Waals surface area contributed by atoms with Gasteiger partial charge in [0.15, 0.2) is 11.2 Å². The number of amides is 1. The summed E-state index contributed by atoms with van der Waals surface area (Å²) in [5.74, 6) is -3.50. The van der Waals surface area contributed by atoms with Crippen molar-refractivity contribution in [1.29, 1.82) is 0 Å². The number of hydrogen-bond donors (Lipinski definition) is 4. The zero-order valence-electron chi connectivity index (χ0n) is 17.9. The topological polar surface area (TPSA) is 130 Å². The molecule has 5 N–H and O–H groups in total. The number of anilines is 3. The minimum Gasteiger partial charge on any atom is -0.478 e. The van der Waals surface area contributed by atoms with Crippen LogP contribution in [0.2, 0.25) is 0 Å². The molecule has 9 nitrogen and oxygen atoms in total. The number of nitrogens with two attached hydrogens (primary N) is 1. The van der Waals surface area contributed by atoms with Crippen molar-refractivity contribution in [2.75, 3.05) is 29.2 Å². The van der Waals surface area contributed by atoms with Crippen LogP contribution in [-0.4, -0.2) is 47.5 Å². The number of fused-ring (bicyclic) bond motifs is 2. The Morgan fingerprint density at radius 3 is 2.68 bits per heavy atom. The molecule has 4 rings (SSSR count). The number of alkyl halides is 3. The van der Waals surface area contributed by atoms with E-state index in [1.165, 1.54) is 18.2 Å². The lowest BCUT2D eigenvalue weighted by atomic mass is 10.1. The molecule has 180 valence electrons. The zero-order chi connectivity index (χ0) is 24.8. The summed E-state index contributed by atoms with van der Waals surface area (Å²) >= 11 is 0.958. The molecule has 0 aliphatic carbocycles. The number of carboxylic acids is 1. The molecule has 3 aromatic rings. The molecule has 34 heavy (non-hydrogen) atoms. The van der Waals surface area contributed by atoms with Gasteiger partial charge in [-0.3, -0.25) is 4.79 Å². The number of carbonyl (C=O) groups is 2. The van der Waals surface area contributed by atoms with Crippen LogP contribution < -0.4 is 21.3 Å². The highest BCUT2D eigenvalue weighted by Gasteiger charge is 2.52. The molecule has 2 unspecified atom stereocenters. The first-order chi connectivity index (χ1) is 16.0. The predicted molar refractivity (Wildman–Crippen MR) is 121 cm³/mol. The molecular formula is C21H20F3N5O4S. The third kappa shape index (κ3) is 3.96. The third-order valence-corrected chi connectivity index (χ3v) is 6.38. The highest BCUT2D eigenvalue weighted by atomic mass is 32.1. The predicted octanol–water partition coefficient (Wildman–Crippen LogP) is 3.53. The summed E-state index contributed by atoms with van der Waals surface area (Å²) in [7, 11) is 1.64. The number of halogens is 3. The Labute approximate surface area is 195 Å². The molecule has 1 aliphatic heterocycles. The first-order valence-electron chi connectivity index (χ1n) is 10.0. The first kappa shape index (κ1) is 23.6. The van der Waals surface area contributed by atoms with Crippen LogP contribution in [-0.2, 0) is 15.7 Å². The van der Waals surface area contributed by atoms with E-state index in [0.29, 0.717) is 16.9 Å². The van der Waals surface area contributed by atoms with Gasteiger partial charge in [0.25, 0.3) is 5.91 Å². The summed E-state index contributed by atoms with van der Waals surface area (Å²) in [6.07, 6.45) is -5.80. The summed E-state index contributed by atoms with van der Waals surface area (Å²) in [5, 5.41) is 15.7. The fourth-order valence-corrected chi connectivity index (χ4v) is 4.82. The van der Waals surface area contributed by atoms with Crippen molar-refractivity contribution < 1.29 is 32.6 Å². The molecule has 0 radical (unpaired) electrons. The minimum absolute atomic E-state index is 0.0159. The molecule has 0 spiro atoms. The number of carboxylic acid groups (broad SMARTS) is 1. The average Bonchev–Trinajstić information content (AvgIpc) is 3.28. The van der Waals surface area contributed by atoms with E-state index >= 15 is 0 Å². The monoisotopic (exact) mass is 495 g/mol. The van der Waals surface area contributed by atoms with E-state index in [1.807, 2.05) is 0 Å². The molecule has 2 heterocycles. The van der Waals surface area contributed by atoms with Gasteiger partial charge in [-0.05, 0) is 43.3 Å². The molecule has 1 amide bonds. The second-order valence-electron chi connectivity index (χ2n) is 7.55. The van der Waals surface area contributed by atoms with E-state index in [2.05, 4.69) is 15.6 Å². The van der Waals surface area contributed by atoms with Gasteiger partial charge < -0.3 is 31.1 Å². The van der Waals surface area contributed by atoms with Crippen LogP contribution in [0.3, 0.4) is 0 Å². The first-order valence-corrected chi connectivity index (χ1v) is 10.8. The molecule has 1 aromatic heterocycles. The lowest BCUT2D eigenvalue weighted by Gasteiger charge is -2.42. The number of primary amides is 1. The van der Waals surface area contributed by atoms with Crippen LogP contribution in [0.25, 0.3) is 10.2 Å². The number of carbonyl (C=O) groups excluding carboxylic acids is 1. The number of benzene rings is 2. The maximum Gasteiger partial charge on any atom is 0.416 e. The van der Waals surface area contributed by atoms with Crippen molar-refractivity contribution >= 4 is 49.9 Å². The fraction of sp³-hybridized carbons (Fsp3) is 0.286. The van der Waals surface area contributed by atoms with Crippen LogP contribution in [0.1, 0.15) is 22.8 Å². The van der Waals surface area contributed by atoms with Crippen LogP contribution in [0, 0.1) is 0 Å². The van der Waals surface area contributed by atoms with Crippen molar-refractivity contribution in [2.45, 2.75) is 25.0 Å². The van der Waals surface area contributed by atoms with E-state index in [9.17, 15) is 27.9 Å². The summed E-state index contributed by atoms with van der Waals surface area (Å²) in [4.78, 5) is 29.8. The van der Waals surface area contributed by atoms with Gasteiger partial charge in [-0.15, -0.1) is 0 Å². The van der Waals surface area contributed by atoms with Crippen LogP contribution >= 0.6 is 11.3 Å². The van der Waals surface area contributed by atoms with Gasteiger partial charge in [-0.2, -0.15) is 13.2 Å². The number of aromatic nitrogens is 1. The standard InChI is InChI=1S/C21H20F3N5O4S/c1-3-33-16(17(25)30)21(27-13-8-10(18(31)32)4-7-14(13)29(21)2)28-19-26-12-6-5-11(20(22,23)24)9-15(12)34-19/h4-9,16,27H,3H2,1-2H3,(H2,25,30)(H,26,28)(H,31,32). The lowest BCUT2D eigenvalue weighted by Crippen LogP contribution is -2.67. The lowest BCUT2D eigenvalue weighted by molar-refractivity contribution is -0.137. The van der Waals surface area contributed by atoms with Crippen LogP contribution in [0.5, 0.6) is 0 Å². The molecular weight excluding hydrogens is 475 g/mol. The van der Waals surface area contributed by atoms with Gasteiger partial charge in [-0.25, -0.2) is 9.78 Å². The minimum atomic E-state index is -4.50. The summed E-state index contributed by atoms with van der Waals surface area (Å²) in [6.45, 7) is 1.79. The van der Waals surface area contributed by atoms with E-state index in [4.69, 9.17) is 10.5 Å². The summed E-state index contributed by atoms with van der Waals surface area (Å²) in [5.41, 5.74) is 6.13. The highest BCUT2D eigenvalue weighted by molar-refractivity contribution is 7.22. The molecule has 1 aliphatic rings. The number of nitrogens with zero attached hydrogens (tertiary/aromatic N) is 2. The number of ether oxygens (including phenoxy) is 1. The van der Waals surface area contributed by atoms with Gasteiger partial charge in [0, 0.05) is 13.7 Å². The van der Waals surface area contributed by atoms with Gasteiger partial charge in [0.2, 0.25) is 5.79 Å². The largest absolute Gasteiger partial charge is 0.478 e. The number of hydrogen-bond acceptors (Lipinski definition) is 8. The van der Waals surface area contributed by atoms with Crippen LogP contribution in [0.4, 0.5) is 29.7 Å². The maximum atomic E-state index is 13.1. The SMILES string of the molecule is CCOC(C(N)=O)C1(Nc2nc3ccc(C(F)(F)F)cc3s2)Nc2cc(C(=O)O)ccc2N1C. The molecule has 13 heteroatoms. The van der Waals surface area contributed by atoms with Gasteiger partial charge in [0.05, 0.1) is 32.7 Å². The third-order valence-electron chi connectivity index (χ3n) is 5.44. The Balaban J connectivity index is 1.80. The number of thiazole rings is 1. The number of aromatic carboxylic acids is 1. The van der Waals surface area contributed by atoms with E-state index in [0.717, 1.165) is 23.5 Å². The number of rotatable bonds is 7. The van der Waals surface area contributed by atoms with Crippen LogP contribution in [0.15, 0.2) is 36.4 Å². The number of likely N-dealkylation sites (N-methyl/N-ethyl adjacent to an activating group) is 1. The normalized spacial score (nSPS) is 18.4. The molecule has 0 fully saturated rings. The molecule has 2 aromatic carbocycles. The zero-order valence-corrected chi connectivity index (χ0v) is 18.8. The smallest absolute Gasteiger partial charge is 0.416 e. The van der Waals surface area contributed by atoms with Crippen molar-refractivity contribution in [3.63, 3.8) is 0 Å². The van der Waals surface area contributed by atoms with Crippen molar-refractivity contribution in [3.05, 3.63) is 47.5 Å². The summed E-state index contributed by atoms with van der Waals surface area (Å²) < 4.78 is 45.3. The van der Waals surface area contributed by atoms with Crippen molar-refractivity contribution in [1.82, 2.24) is 4.98 Å². The maximum absolute atomic E-state index is 13.1. The van der Waals surface area contributed by atoms with E-state index < -0.39 is 35.5 Å². The Morgan fingerprint density at radius 1 is 1.32 bits per heavy atom. The Morgan fingerprint density at radius 2 is 2.06 bits per heavy atom. The summed E-state index contributed by atoms with van der Waals surface area (Å²) in [6, 6.07) is 7.57. The van der Waals surface area contributed by atoms with Crippen molar-refractivity contribution in [2.24, 2.45) is 5.73 Å². The molecule has 0 bridgehead atoms. The fourth-order valence-electron chi connectivity index (χ4n) is 3.86. The van der Waals surface area contributed by atoms with E-state index in [1.54, 1.807) is 24.9 Å². The Hall–Kier alpha value is -3.58. The average molecular weight is 495 g/mol. The Bertz CT molecular complexity index is 1280. The van der Waals surface area contributed by atoms with Gasteiger partial charge in [-0.1, -0.05) is 11.3 Å². The van der Waals surface area contributed by atoms with Crippen molar-refractivity contribution in [3.8, 4) is 0 Å². The Kier molecular flexibility index (Phi) is 5.77. The second kappa shape index (κ2) is 8.33. The van der Waals surface area contributed by atoms with Gasteiger partial charge >= 0.3 is 12.1 Å². The molecule has 0 saturated carbocycles. The quantitative estimate of drug-likeness (QED) is 0.392. The molecule has 0 saturated heterocycles. The second-order valence-corrected chi connectivity index (χ2v) is 8.58. The molecule has 2 atom stereocenters. The number of nitrogens with one attached hydrogen (secondary N) is 2. The van der Waals surface area contributed by atoms with Gasteiger partial charge in [0.1, 0.15) is 0 Å². The highest BCUT2D eigenvalue weighted by Crippen LogP contribution is 2.43. The van der Waals surface area contributed by atoms with E-state index in [-0.39, 0.29) is 22.0 Å².